The number of nitrogens with zero attached hydrogens (tertiary/aromatic N) is 8. The van der Waals surface area contributed by atoms with Gasteiger partial charge in [-0.1, -0.05) is 140 Å². The monoisotopic (exact) mass is 1710 g/mol. The number of carbonyl (C=O) groups excluding carboxylic acids is 2. The number of phosphoric acid groups is 4. The molecule has 0 bridgehead atoms. The van der Waals surface area contributed by atoms with Crippen LogP contribution in [0.3, 0.4) is 0 Å². The first kappa shape index (κ1) is 84.9. The lowest BCUT2D eigenvalue weighted by Crippen LogP contribution is -2.42. The Morgan fingerprint density at radius 1 is 0.553 bits per heavy atom. The average molecular weight is 1710 g/mol. The minimum absolute atomic E-state index is 0.0355. The van der Waals surface area contributed by atoms with Gasteiger partial charge < -0.3 is 106 Å². The summed E-state index contributed by atoms with van der Waals surface area (Å²) in [5, 5.41) is 4.65. The van der Waals surface area contributed by atoms with E-state index in [0.29, 0.717) is 57.4 Å². The molecule has 0 radical (unpaired) electrons. The average Bonchev–Trinajstić information content (AvgIpc) is 1.60. The van der Waals surface area contributed by atoms with Crippen molar-refractivity contribution in [2.45, 2.75) is 99.0 Å². The van der Waals surface area contributed by atoms with Crippen molar-refractivity contribution in [1.29, 1.82) is 0 Å². The zero-order chi connectivity index (χ0) is 81.2. The smallest absolute Gasteiger partial charge is 0.514 e. The van der Waals surface area contributed by atoms with Crippen molar-refractivity contribution in [2.75, 3.05) is 51.3 Å². The number of thioether (sulfide) groups is 1. The highest BCUT2D eigenvalue weighted by Crippen LogP contribution is 2.65. The highest BCUT2D eigenvalue weighted by atomic mass is 32.2. The van der Waals surface area contributed by atoms with Gasteiger partial charge in [-0.05, 0) is 64.4 Å². The van der Waals surface area contributed by atoms with E-state index in [1.807, 2.05) is 37.3 Å². The maximum Gasteiger partial charge on any atom is 0.514 e. The van der Waals surface area contributed by atoms with Gasteiger partial charge in [-0.25, -0.2) is 48.1 Å². The van der Waals surface area contributed by atoms with Crippen LogP contribution < -0.4 is 59.4 Å². The zero-order valence-electron chi connectivity index (χ0n) is 60.0. The third-order valence-corrected chi connectivity index (χ3v) is 26.6. The van der Waals surface area contributed by atoms with Crippen LogP contribution in [0, 0.1) is 0 Å². The van der Waals surface area contributed by atoms with Gasteiger partial charge in [0.15, 0.2) is 64.6 Å². The van der Waals surface area contributed by atoms with Crippen LogP contribution in [-0.2, 0) is 101 Å². The molecule has 3 fully saturated rings. The molecule has 0 spiro atoms. The number of unbranched alkanes of at least 4 members (excludes halogenated alkanes) is 1. The van der Waals surface area contributed by atoms with Crippen molar-refractivity contribution in [3.05, 3.63) is 187 Å². The van der Waals surface area contributed by atoms with E-state index in [-0.39, 0.29) is 39.6 Å². The van der Waals surface area contributed by atoms with E-state index in [1.165, 1.54) is 116 Å². The summed E-state index contributed by atoms with van der Waals surface area (Å²) >= 11 is 1.26. The minimum Gasteiger partial charge on any atom is -0.778 e. The second-order valence-corrected chi connectivity index (χ2v) is 35.3. The number of phosphoric ester groups is 2. The Morgan fingerprint density at radius 3 is 1.71 bits per heavy atom. The van der Waals surface area contributed by atoms with Crippen LogP contribution in [0.25, 0.3) is 33.1 Å². The van der Waals surface area contributed by atoms with Crippen molar-refractivity contribution in [3.8, 4) is 23.0 Å². The van der Waals surface area contributed by atoms with Crippen LogP contribution in [0.2, 0.25) is 0 Å². The Balaban J connectivity index is 0.000000224. The number of rotatable bonds is 33. The largest absolute Gasteiger partial charge is 0.778 e. The molecule has 7 heterocycles. The van der Waals surface area contributed by atoms with E-state index < -0.39 is 140 Å². The van der Waals surface area contributed by atoms with Crippen LogP contribution in [0.1, 0.15) is 48.9 Å². The van der Waals surface area contributed by atoms with Crippen LogP contribution in [0.4, 0.5) is 21.2 Å². The van der Waals surface area contributed by atoms with E-state index in [2.05, 4.69) is 52.5 Å². The molecule has 40 nitrogen and oxygen atoms in total. The standard InChI is InChI=1S/C41H44N5O18P3.C26H30N5O12P3S/c1-4-5-19-42-37-34-38(44-24-43-37)46(25-45-34)39-36(62-41(48)59-31-17-10-15-29(21-31)56-3)35(61-40(47)58-30-16-9-14-28(20-30)55-2)33(60-39)22-57-66(51,52)64-67(53,54)63-65(49,50)23-27-13-8-12-26-11-6-7-18-32(26)27;1-47-26-29-23(27)20-24(30-26)31(15-28-20)25-22-21(40-19(41-22)12-16-8-4-2-5-9-16)18(39-25)13-38-45(34,35)43-46(36,37)42-44(32,33)14-17-10-6-3-7-11-17/h6-18,20-21,24-25,33,35-36,39H,4-5,19,22-23H2,1-3H3,(H,49,50)(H,51,52)(H,53,54)(H,42,43,44);2-11,15,18-19,21-22,25H,12-14H2,1H3,(H,32,33)(H,34,35)(H,36,37)(H2,27,29,30)/p-6/t33-,35+,36?,39-;18-,19?,21+,22?,25-/m11/s1. The normalized spacial score (nSPS) is 22.5. The van der Waals surface area contributed by atoms with E-state index in [1.54, 1.807) is 65.4 Å². The molecule has 9 unspecified atom stereocenters. The Kier molecular flexibility index (Phi) is 27.4. The number of nitrogen functional groups attached to an aromatic ring is 1. The lowest BCUT2D eigenvalue weighted by molar-refractivity contribution is -0.250. The van der Waals surface area contributed by atoms with Crippen molar-refractivity contribution in [2.24, 2.45) is 0 Å². The fourth-order valence-corrected chi connectivity index (χ4v) is 20.4. The number of nitrogens with two attached hydrogens (primary N) is 1. The summed E-state index contributed by atoms with van der Waals surface area (Å²) in [5.41, 5.74) is 8.31. The van der Waals surface area contributed by atoms with E-state index in [0.717, 1.165) is 18.4 Å². The summed E-state index contributed by atoms with van der Waals surface area (Å²) in [6, 6.07) is 39.9. The number of hydrogen-bond acceptors (Lipinski definition) is 39. The van der Waals surface area contributed by atoms with Crippen molar-refractivity contribution >= 4 is 115 Å². The van der Waals surface area contributed by atoms with E-state index in [9.17, 15) is 66.3 Å². The molecule has 3 aliphatic heterocycles. The highest BCUT2D eigenvalue weighted by Gasteiger charge is 2.55. The number of anilines is 2. The fraction of sp³-hybridized carbons (Fsp3) is 0.313. The Labute approximate surface area is 651 Å². The van der Waals surface area contributed by atoms with Gasteiger partial charge in [-0.15, -0.1) is 0 Å². The molecule has 6 aromatic carbocycles. The summed E-state index contributed by atoms with van der Waals surface area (Å²) in [4.78, 5) is 129. The van der Waals surface area contributed by atoms with E-state index in [4.69, 9.17) is 62.1 Å². The molecule has 0 saturated carbocycles. The molecule has 0 aliphatic carbocycles. The van der Waals surface area contributed by atoms with Gasteiger partial charge in [0.25, 0.3) is 31.3 Å². The van der Waals surface area contributed by atoms with Crippen LogP contribution in [0.5, 0.6) is 23.0 Å². The third kappa shape index (κ3) is 22.2. The molecule has 3 aliphatic rings. The number of ether oxygens (including phenoxy) is 10. The SMILES string of the molecule is CCCCNc1ncnc2c1ncn2[C@@H]1O[C@H](COP(=O)([O-])OP(=O)([O-])OP(=O)([O-])Cc2cccc3ccccc23)[C@H](OC(=O)Oc2cccc(OC)c2)C1OC(=O)Oc1cccc(OC)c1.CSc1nc(N)c2ncn([C@@H]3O[C@H](COP(=O)([O-])OP(=O)([O-])OP(=O)([O-])Cc4ccccc4)[C@@H]4OC(Cc5ccccc5)OC43)c2n1. The molecule has 0 amide bonds. The van der Waals surface area contributed by atoms with Gasteiger partial charge in [-0.2, -0.15) is 0 Å². The summed E-state index contributed by atoms with van der Waals surface area (Å²) in [6.45, 7) is 0.504. The predicted molar refractivity (Wildman–Crippen MR) is 389 cm³/mol. The lowest BCUT2D eigenvalue weighted by atomic mass is 10.1. The minimum atomic E-state index is -6.25. The van der Waals surface area contributed by atoms with Gasteiger partial charge in [0.1, 0.15) is 74.4 Å². The number of carbonyl (C=O) groups is 2. The van der Waals surface area contributed by atoms with Gasteiger partial charge in [0.2, 0.25) is 0 Å². The van der Waals surface area contributed by atoms with Gasteiger partial charge in [0, 0.05) is 37.4 Å². The van der Waals surface area contributed by atoms with Crippen LogP contribution in [-0.4, -0.2) is 134 Å². The highest BCUT2D eigenvalue weighted by molar-refractivity contribution is 7.98. The molecule has 47 heteroatoms. The van der Waals surface area contributed by atoms with Gasteiger partial charge >= 0.3 is 12.3 Å². The first-order valence-corrected chi connectivity index (χ1v) is 44.5. The summed E-state index contributed by atoms with van der Waals surface area (Å²) < 4.78 is 163. The van der Waals surface area contributed by atoms with Gasteiger partial charge in [-0.3, -0.25) is 36.0 Å². The number of nitrogens with one attached hydrogen (secondary N) is 1. The topological polar surface area (TPSA) is 548 Å². The summed E-state index contributed by atoms with van der Waals surface area (Å²) in [5.74, 6) is 0.979. The number of aromatic nitrogens is 8. The Hall–Kier alpha value is -8.49. The Morgan fingerprint density at radius 2 is 1.09 bits per heavy atom. The van der Waals surface area contributed by atoms with Crippen LogP contribution in [0.15, 0.2) is 176 Å². The zero-order valence-corrected chi connectivity index (χ0v) is 66.2. The number of hydrogen-bond donors (Lipinski definition) is 2. The molecule has 114 heavy (non-hydrogen) atoms. The second kappa shape index (κ2) is 36.8. The molecule has 10 aromatic rings. The Bertz CT molecular complexity index is 5370. The maximum absolute atomic E-state index is 13.6. The molecule has 4 aromatic heterocycles. The molecule has 608 valence electrons. The van der Waals surface area contributed by atoms with Crippen molar-refractivity contribution < 1.29 is 140 Å². The molecular weight excluding hydrogens is 1640 g/mol. The first-order valence-electron chi connectivity index (χ1n) is 34.0. The number of methoxy groups -OCH3 is 2. The molecule has 3 saturated heterocycles. The summed E-state index contributed by atoms with van der Waals surface area (Å²) in [6.07, 6.45) is -8.60. The van der Waals surface area contributed by atoms with Crippen molar-refractivity contribution in [3.63, 3.8) is 0 Å². The summed E-state index contributed by atoms with van der Waals surface area (Å²) in [7, 11) is -31.8. The lowest BCUT2D eigenvalue weighted by Gasteiger charge is -2.35. The van der Waals surface area contributed by atoms with Crippen LogP contribution >= 0.6 is 58.2 Å². The molecule has 15 atom stereocenters. The predicted octanol–water partition coefficient (Wildman–Crippen LogP) is 8.14. The number of fused-ring (bicyclic) bond motifs is 4. The number of imidazole rings is 2. The quantitative estimate of drug-likeness (QED) is 0.00978. The third-order valence-electron chi connectivity index (χ3n) is 16.8. The van der Waals surface area contributed by atoms with E-state index >= 15 is 0 Å². The molecular formula is C67H68N10O30P6S-6. The first-order chi connectivity index (χ1) is 54.4. The second-order valence-electron chi connectivity index (χ2n) is 24.8. The number of benzene rings is 6. The molecule has 3 N–H and O–H groups in total. The maximum atomic E-state index is 13.6. The molecule has 13 rings (SSSR count). The van der Waals surface area contributed by atoms with Crippen molar-refractivity contribution in [1.82, 2.24) is 39.0 Å². The fourth-order valence-electron chi connectivity index (χ4n) is 12.0. The van der Waals surface area contributed by atoms with Gasteiger partial charge in [0.05, 0.1) is 40.1 Å².